The van der Waals surface area contributed by atoms with Crippen LogP contribution in [0.1, 0.15) is 29.2 Å². The van der Waals surface area contributed by atoms with Gasteiger partial charge in [0, 0.05) is 3.57 Å². The first-order valence-electron chi connectivity index (χ1n) is 7.69. The van der Waals surface area contributed by atoms with Gasteiger partial charge in [0.25, 0.3) is 5.91 Å². The number of aryl methyl sites for hydroxylation is 3. The number of carbonyl (C=O) groups is 1. The Morgan fingerprint density at radius 1 is 1.09 bits per heavy atom. The summed E-state index contributed by atoms with van der Waals surface area (Å²) < 4.78 is 1.10. The predicted octanol–water partition coefficient (Wildman–Crippen LogP) is 5.33. The monoisotopic (exact) mass is 419 g/mol. The summed E-state index contributed by atoms with van der Waals surface area (Å²) in [6, 6.07) is 12.6. The van der Waals surface area contributed by atoms with E-state index in [9.17, 15) is 4.79 Å². The molecule has 0 saturated carbocycles. The second-order valence-corrected chi connectivity index (χ2v) is 6.98. The van der Waals surface area contributed by atoms with Crippen LogP contribution < -0.4 is 4.90 Å². The molecule has 120 valence electrons. The van der Waals surface area contributed by atoms with E-state index >= 15 is 0 Å². The molecule has 3 heteroatoms. The van der Waals surface area contributed by atoms with Gasteiger partial charge in [-0.05, 0) is 79.1 Å². The highest BCUT2D eigenvalue weighted by molar-refractivity contribution is 14.1. The quantitative estimate of drug-likeness (QED) is 0.485. The van der Waals surface area contributed by atoms with Crippen LogP contribution in [0, 0.1) is 24.3 Å². The van der Waals surface area contributed by atoms with Crippen LogP contribution in [0.25, 0.3) is 0 Å². The van der Waals surface area contributed by atoms with Crippen molar-refractivity contribution in [2.45, 2.75) is 34.2 Å². The summed E-state index contributed by atoms with van der Waals surface area (Å²) in [4.78, 5) is 14.5. The third-order valence-electron chi connectivity index (χ3n) is 3.70. The molecule has 0 saturated heterocycles. The summed E-state index contributed by atoms with van der Waals surface area (Å²) in [7, 11) is 0. The topological polar surface area (TPSA) is 20.3 Å². The fourth-order valence-corrected chi connectivity index (χ4v) is 3.83. The van der Waals surface area contributed by atoms with Gasteiger partial charge < -0.3 is 4.90 Å². The number of allylic oxidation sites excluding steroid dienone is 1. The van der Waals surface area contributed by atoms with E-state index in [0.29, 0.717) is 6.54 Å². The lowest BCUT2D eigenvalue weighted by Crippen LogP contribution is -2.30. The smallest absolute Gasteiger partial charge is 0.250 e. The molecule has 0 spiro atoms. The van der Waals surface area contributed by atoms with Gasteiger partial charge in [-0.25, -0.2) is 0 Å². The standard InChI is InChI=1S/C20H22INO/c1-5-6-19(23)22(13-17-9-7-14(2)8-10-17)20-16(4)11-15(3)12-18(20)21/h5-12H,13H2,1-4H3/b6-5+. The average Bonchev–Trinajstić information content (AvgIpc) is 2.47. The molecule has 2 rings (SSSR count). The molecule has 0 bridgehead atoms. The van der Waals surface area contributed by atoms with E-state index in [-0.39, 0.29) is 5.91 Å². The molecule has 0 atom stereocenters. The lowest BCUT2D eigenvalue weighted by molar-refractivity contribution is -0.114. The maximum atomic E-state index is 12.6. The van der Waals surface area contributed by atoms with Crippen molar-refractivity contribution in [3.8, 4) is 0 Å². The summed E-state index contributed by atoms with van der Waals surface area (Å²) in [5.41, 5.74) is 5.69. The summed E-state index contributed by atoms with van der Waals surface area (Å²) in [5, 5.41) is 0. The zero-order valence-electron chi connectivity index (χ0n) is 14.1. The number of benzene rings is 2. The zero-order chi connectivity index (χ0) is 17.0. The third-order valence-corrected chi connectivity index (χ3v) is 4.53. The lowest BCUT2D eigenvalue weighted by Gasteiger charge is -2.25. The number of hydrogen-bond donors (Lipinski definition) is 0. The van der Waals surface area contributed by atoms with Gasteiger partial charge >= 0.3 is 0 Å². The molecule has 0 aliphatic heterocycles. The number of anilines is 1. The molecule has 0 aromatic heterocycles. The first-order chi connectivity index (χ1) is 10.9. The molecule has 0 heterocycles. The van der Waals surface area contributed by atoms with Crippen molar-refractivity contribution in [1.82, 2.24) is 0 Å². The number of halogens is 1. The summed E-state index contributed by atoms with van der Waals surface area (Å²) >= 11 is 2.32. The van der Waals surface area contributed by atoms with Gasteiger partial charge in [0.1, 0.15) is 0 Å². The van der Waals surface area contributed by atoms with E-state index < -0.39 is 0 Å². The Labute approximate surface area is 152 Å². The Bertz CT molecular complexity index is 709. The lowest BCUT2D eigenvalue weighted by atomic mass is 10.1. The molecule has 2 aromatic carbocycles. The minimum absolute atomic E-state index is 0.0120. The van der Waals surface area contributed by atoms with Gasteiger partial charge in [0.05, 0.1) is 12.2 Å². The molecule has 23 heavy (non-hydrogen) atoms. The Morgan fingerprint density at radius 2 is 1.74 bits per heavy atom. The largest absolute Gasteiger partial charge is 0.303 e. The number of amides is 1. The van der Waals surface area contributed by atoms with Crippen LogP contribution in [0.15, 0.2) is 48.6 Å². The summed E-state index contributed by atoms with van der Waals surface area (Å²) in [6.07, 6.45) is 3.42. The van der Waals surface area contributed by atoms with Gasteiger partial charge in [-0.15, -0.1) is 0 Å². The number of rotatable bonds is 4. The fraction of sp³-hybridized carbons (Fsp3) is 0.250. The molecule has 1 amide bonds. The number of hydrogen-bond acceptors (Lipinski definition) is 1. The van der Waals surface area contributed by atoms with E-state index in [1.807, 2.05) is 11.8 Å². The van der Waals surface area contributed by atoms with E-state index in [0.717, 1.165) is 20.4 Å². The van der Waals surface area contributed by atoms with Crippen LogP contribution >= 0.6 is 22.6 Å². The molecule has 0 aliphatic rings. The van der Waals surface area contributed by atoms with Crippen LogP contribution in [-0.2, 0) is 11.3 Å². The molecule has 0 N–H and O–H groups in total. The fourth-order valence-electron chi connectivity index (χ4n) is 2.63. The van der Waals surface area contributed by atoms with Gasteiger partial charge in [-0.3, -0.25) is 4.79 Å². The van der Waals surface area contributed by atoms with Crippen molar-refractivity contribution in [2.75, 3.05) is 4.90 Å². The minimum atomic E-state index is 0.0120. The average molecular weight is 419 g/mol. The van der Waals surface area contributed by atoms with Crippen LogP contribution in [-0.4, -0.2) is 5.91 Å². The van der Waals surface area contributed by atoms with Crippen molar-refractivity contribution < 1.29 is 4.79 Å². The highest BCUT2D eigenvalue weighted by atomic mass is 127. The molecule has 2 nitrogen and oxygen atoms in total. The first-order valence-corrected chi connectivity index (χ1v) is 8.76. The van der Waals surface area contributed by atoms with Crippen LogP contribution in [0.4, 0.5) is 5.69 Å². The highest BCUT2D eigenvalue weighted by Gasteiger charge is 2.19. The zero-order valence-corrected chi connectivity index (χ0v) is 16.2. The Hall–Kier alpha value is -1.62. The maximum absolute atomic E-state index is 12.6. The molecule has 0 radical (unpaired) electrons. The van der Waals surface area contributed by atoms with Gasteiger partial charge in [0.2, 0.25) is 0 Å². The minimum Gasteiger partial charge on any atom is -0.303 e. The van der Waals surface area contributed by atoms with Crippen LogP contribution in [0.2, 0.25) is 0 Å². The first kappa shape index (κ1) is 17.7. The SMILES string of the molecule is C/C=C/C(=O)N(Cc1ccc(C)cc1)c1c(C)cc(C)cc1I. The Balaban J connectivity index is 2.46. The second-order valence-electron chi connectivity index (χ2n) is 5.82. The Kier molecular flexibility index (Phi) is 5.99. The van der Waals surface area contributed by atoms with Crippen molar-refractivity contribution in [3.05, 3.63) is 74.4 Å². The van der Waals surface area contributed by atoms with Crippen molar-refractivity contribution in [2.24, 2.45) is 0 Å². The highest BCUT2D eigenvalue weighted by Crippen LogP contribution is 2.30. The van der Waals surface area contributed by atoms with E-state index in [2.05, 4.69) is 79.8 Å². The van der Waals surface area contributed by atoms with Crippen molar-refractivity contribution in [3.63, 3.8) is 0 Å². The summed E-state index contributed by atoms with van der Waals surface area (Å²) in [6.45, 7) is 8.66. The van der Waals surface area contributed by atoms with Gasteiger partial charge in [0.15, 0.2) is 0 Å². The molecular formula is C20H22INO. The normalized spacial score (nSPS) is 11.0. The molecule has 2 aromatic rings. The van der Waals surface area contributed by atoms with Crippen molar-refractivity contribution in [1.29, 1.82) is 0 Å². The molecule has 0 unspecified atom stereocenters. The van der Waals surface area contributed by atoms with Crippen LogP contribution in [0.3, 0.4) is 0 Å². The molecule has 0 aliphatic carbocycles. The molecule has 0 fully saturated rings. The van der Waals surface area contributed by atoms with E-state index in [1.54, 1.807) is 12.2 Å². The Morgan fingerprint density at radius 3 is 2.30 bits per heavy atom. The van der Waals surface area contributed by atoms with Gasteiger partial charge in [-0.1, -0.05) is 42.0 Å². The van der Waals surface area contributed by atoms with Gasteiger partial charge in [-0.2, -0.15) is 0 Å². The number of nitrogens with zero attached hydrogens (tertiary/aromatic N) is 1. The van der Waals surface area contributed by atoms with E-state index in [1.165, 1.54) is 11.1 Å². The van der Waals surface area contributed by atoms with Crippen molar-refractivity contribution >= 4 is 34.2 Å². The predicted molar refractivity (Wildman–Crippen MR) is 106 cm³/mol. The second kappa shape index (κ2) is 7.77. The van der Waals surface area contributed by atoms with E-state index in [4.69, 9.17) is 0 Å². The van der Waals surface area contributed by atoms with Crippen LogP contribution in [0.5, 0.6) is 0 Å². The molecular weight excluding hydrogens is 397 g/mol. The third kappa shape index (κ3) is 4.44. The summed E-state index contributed by atoms with van der Waals surface area (Å²) in [5.74, 6) is 0.0120. The number of carbonyl (C=O) groups excluding carboxylic acids is 1. The maximum Gasteiger partial charge on any atom is 0.250 e.